The zero-order valence-electron chi connectivity index (χ0n) is 14.7. The molecule has 2 amide bonds. The van der Waals surface area contributed by atoms with E-state index in [1.54, 1.807) is 0 Å². The van der Waals surface area contributed by atoms with Gasteiger partial charge in [0.05, 0.1) is 0 Å². The number of hydrogen-bond donors (Lipinski definition) is 1. The summed E-state index contributed by atoms with van der Waals surface area (Å²) in [7, 11) is 0. The minimum Gasteiger partial charge on any atom is -0.352 e. The molecule has 4 rings (SSSR count). The van der Waals surface area contributed by atoms with Gasteiger partial charge in [0.15, 0.2) is 0 Å². The van der Waals surface area contributed by atoms with Gasteiger partial charge in [-0.1, -0.05) is 18.2 Å². The molecule has 2 heterocycles. The van der Waals surface area contributed by atoms with Gasteiger partial charge in [0.25, 0.3) is 0 Å². The molecule has 2 fully saturated rings. The van der Waals surface area contributed by atoms with Crippen LogP contribution in [0.4, 0.5) is 0 Å². The molecule has 0 bridgehead atoms. The third-order valence-electron chi connectivity index (χ3n) is 5.40. The van der Waals surface area contributed by atoms with Crippen LogP contribution in [0.15, 0.2) is 30.5 Å². The van der Waals surface area contributed by atoms with E-state index in [4.69, 9.17) is 0 Å². The van der Waals surface area contributed by atoms with E-state index in [9.17, 15) is 9.59 Å². The molecule has 0 atom stereocenters. The number of nitrogens with one attached hydrogen (secondary N) is 1. The molecule has 0 radical (unpaired) electrons. The molecule has 5 nitrogen and oxygen atoms in total. The Hall–Kier alpha value is -2.30. The Morgan fingerprint density at radius 2 is 1.84 bits per heavy atom. The Labute approximate surface area is 148 Å². The molecule has 1 aromatic carbocycles. The number of carbonyl (C=O) groups excluding carboxylic acids is 2. The lowest BCUT2D eigenvalue weighted by molar-refractivity contribution is -0.133. The Morgan fingerprint density at radius 1 is 1.12 bits per heavy atom. The van der Waals surface area contributed by atoms with Gasteiger partial charge in [0.2, 0.25) is 11.8 Å². The van der Waals surface area contributed by atoms with Gasteiger partial charge in [-0.05, 0) is 44.2 Å². The van der Waals surface area contributed by atoms with Crippen LogP contribution in [0, 0.1) is 12.8 Å². The molecule has 1 saturated carbocycles. The number of aromatic nitrogens is 1. The highest BCUT2D eigenvalue weighted by Gasteiger charge is 2.35. The normalized spacial score (nSPS) is 18.5. The third kappa shape index (κ3) is 3.41. The first-order chi connectivity index (χ1) is 12.1. The van der Waals surface area contributed by atoms with Crippen molar-refractivity contribution in [3.63, 3.8) is 0 Å². The van der Waals surface area contributed by atoms with Gasteiger partial charge < -0.3 is 14.8 Å². The van der Waals surface area contributed by atoms with Crippen LogP contribution in [0.25, 0.3) is 10.9 Å². The predicted octanol–water partition coefficient (Wildman–Crippen LogP) is 2.47. The van der Waals surface area contributed by atoms with E-state index in [1.165, 1.54) is 10.9 Å². The average molecular weight is 339 g/mol. The number of piperidine rings is 1. The zero-order valence-corrected chi connectivity index (χ0v) is 14.7. The molecular weight excluding hydrogens is 314 g/mol. The number of benzene rings is 1. The Bertz CT molecular complexity index is 798. The summed E-state index contributed by atoms with van der Waals surface area (Å²) in [6.45, 7) is 3.95. The van der Waals surface area contributed by atoms with Crippen molar-refractivity contribution in [3.8, 4) is 0 Å². The number of carbonyl (C=O) groups is 2. The molecule has 5 heteroatoms. The number of amides is 2. The predicted molar refractivity (Wildman–Crippen MR) is 97.1 cm³/mol. The number of rotatable bonds is 4. The van der Waals surface area contributed by atoms with Crippen LogP contribution in [0.2, 0.25) is 0 Å². The lowest BCUT2D eigenvalue weighted by atomic mass is 10.0. The number of para-hydroxylation sites is 1. The van der Waals surface area contributed by atoms with Crippen LogP contribution >= 0.6 is 0 Å². The van der Waals surface area contributed by atoms with Gasteiger partial charge in [-0.3, -0.25) is 9.59 Å². The standard InChI is InChI=1S/C20H25N3O2/c1-14-12-23(18-5-3-2-4-17(14)18)13-19(24)21-16-8-10-22(11-9-16)20(25)15-6-7-15/h2-5,12,15-16H,6-11,13H2,1H3,(H,21,24). The van der Waals surface area contributed by atoms with E-state index in [-0.39, 0.29) is 17.9 Å². The van der Waals surface area contributed by atoms with Crippen LogP contribution in [0.5, 0.6) is 0 Å². The van der Waals surface area contributed by atoms with Crippen molar-refractivity contribution in [3.05, 3.63) is 36.0 Å². The van der Waals surface area contributed by atoms with Crippen molar-refractivity contribution < 1.29 is 9.59 Å². The van der Waals surface area contributed by atoms with Crippen LogP contribution in [0.3, 0.4) is 0 Å². The van der Waals surface area contributed by atoms with E-state index >= 15 is 0 Å². The maximum atomic E-state index is 12.5. The monoisotopic (exact) mass is 339 g/mol. The van der Waals surface area contributed by atoms with E-state index in [0.717, 1.165) is 44.3 Å². The first-order valence-corrected chi connectivity index (χ1v) is 9.24. The van der Waals surface area contributed by atoms with Crippen molar-refractivity contribution in [2.24, 2.45) is 5.92 Å². The first-order valence-electron chi connectivity index (χ1n) is 9.24. The zero-order chi connectivity index (χ0) is 17.4. The quantitative estimate of drug-likeness (QED) is 0.930. The second kappa shape index (κ2) is 6.54. The van der Waals surface area contributed by atoms with E-state index in [2.05, 4.69) is 24.4 Å². The molecule has 2 aromatic rings. The number of nitrogens with zero attached hydrogens (tertiary/aromatic N) is 2. The Balaban J connectivity index is 1.32. The molecule has 1 aromatic heterocycles. The number of hydrogen-bond acceptors (Lipinski definition) is 2. The van der Waals surface area contributed by atoms with Gasteiger partial charge in [-0.25, -0.2) is 0 Å². The summed E-state index contributed by atoms with van der Waals surface area (Å²) >= 11 is 0. The van der Waals surface area contributed by atoms with E-state index < -0.39 is 0 Å². The molecule has 1 aliphatic heterocycles. The summed E-state index contributed by atoms with van der Waals surface area (Å²) in [6.07, 6.45) is 5.87. The fourth-order valence-corrected chi connectivity index (χ4v) is 3.82. The molecule has 1 aliphatic carbocycles. The largest absolute Gasteiger partial charge is 0.352 e. The summed E-state index contributed by atoms with van der Waals surface area (Å²) in [5.74, 6) is 0.656. The van der Waals surface area contributed by atoms with Gasteiger partial charge in [-0.15, -0.1) is 0 Å². The lowest BCUT2D eigenvalue weighted by Gasteiger charge is -2.32. The molecule has 0 unspecified atom stereocenters. The van der Waals surface area contributed by atoms with Crippen molar-refractivity contribution in [2.45, 2.75) is 45.2 Å². The maximum Gasteiger partial charge on any atom is 0.240 e. The Morgan fingerprint density at radius 3 is 2.56 bits per heavy atom. The van der Waals surface area contributed by atoms with Crippen LogP contribution < -0.4 is 5.32 Å². The summed E-state index contributed by atoms with van der Waals surface area (Å²) in [5, 5.41) is 4.34. The highest BCUT2D eigenvalue weighted by atomic mass is 16.2. The van der Waals surface area contributed by atoms with Gasteiger partial charge >= 0.3 is 0 Å². The van der Waals surface area contributed by atoms with Crippen LogP contribution in [0.1, 0.15) is 31.2 Å². The average Bonchev–Trinajstić information content (AvgIpc) is 3.42. The van der Waals surface area contributed by atoms with Crippen molar-refractivity contribution >= 4 is 22.7 Å². The summed E-state index contributed by atoms with van der Waals surface area (Å²) in [5.41, 5.74) is 2.29. The van der Waals surface area contributed by atoms with Crippen molar-refractivity contribution in [1.29, 1.82) is 0 Å². The minimum absolute atomic E-state index is 0.0488. The smallest absolute Gasteiger partial charge is 0.240 e. The maximum absolute atomic E-state index is 12.5. The van der Waals surface area contributed by atoms with Crippen LogP contribution in [-0.4, -0.2) is 40.4 Å². The number of fused-ring (bicyclic) bond motifs is 1. The lowest BCUT2D eigenvalue weighted by Crippen LogP contribution is -2.47. The molecule has 0 spiro atoms. The summed E-state index contributed by atoms with van der Waals surface area (Å²) in [6, 6.07) is 8.35. The highest BCUT2D eigenvalue weighted by molar-refractivity contribution is 5.86. The number of aryl methyl sites for hydroxylation is 1. The minimum atomic E-state index is 0.0488. The molecular formula is C20H25N3O2. The molecule has 1 N–H and O–H groups in total. The highest BCUT2D eigenvalue weighted by Crippen LogP contribution is 2.31. The van der Waals surface area contributed by atoms with Crippen LogP contribution in [-0.2, 0) is 16.1 Å². The molecule has 132 valence electrons. The second-order valence-electron chi connectivity index (χ2n) is 7.40. The molecule has 25 heavy (non-hydrogen) atoms. The fraction of sp³-hybridized carbons (Fsp3) is 0.500. The SMILES string of the molecule is Cc1cn(CC(=O)NC2CCN(C(=O)C3CC3)CC2)c2ccccc12. The van der Waals surface area contributed by atoms with Gasteiger partial charge in [0.1, 0.15) is 6.54 Å². The van der Waals surface area contributed by atoms with Gasteiger partial charge in [0, 0.05) is 42.1 Å². The van der Waals surface area contributed by atoms with Crippen molar-refractivity contribution in [2.75, 3.05) is 13.1 Å². The fourth-order valence-electron chi connectivity index (χ4n) is 3.82. The Kier molecular flexibility index (Phi) is 4.24. The molecule has 1 saturated heterocycles. The topological polar surface area (TPSA) is 54.3 Å². The summed E-state index contributed by atoms with van der Waals surface area (Å²) in [4.78, 5) is 26.5. The van der Waals surface area contributed by atoms with Crippen molar-refractivity contribution in [1.82, 2.24) is 14.8 Å². The number of likely N-dealkylation sites (tertiary alicyclic amines) is 1. The first kappa shape index (κ1) is 16.2. The van der Waals surface area contributed by atoms with E-state index in [1.807, 2.05) is 27.8 Å². The van der Waals surface area contributed by atoms with E-state index in [0.29, 0.717) is 12.5 Å². The van der Waals surface area contributed by atoms with Gasteiger partial charge in [-0.2, -0.15) is 0 Å². The third-order valence-corrected chi connectivity index (χ3v) is 5.40. The summed E-state index contributed by atoms with van der Waals surface area (Å²) < 4.78 is 2.02. The second-order valence-corrected chi connectivity index (χ2v) is 7.40. The molecule has 2 aliphatic rings.